The summed E-state index contributed by atoms with van der Waals surface area (Å²) in [5.41, 5.74) is 0.680. The molecular weight excluding hydrogens is 349 g/mol. The first-order valence-corrected chi connectivity index (χ1v) is 9.07. The van der Waals surface area contributed by atoms with Crippen molar-refractivity contribution in [2.45, 2.75) is 19.8 Å². The summed E-state index contributed by atoms with van der Waals surface area (Å²) in [6, 6.07) is 5.25. The van der Waals surface area contributed by atoms with E-state index in [0.29, 0.717) is 35.2 Å². The van der Waals surface area contributed by atoms with Gasteiger partial charge in [-0.25, -0.2) is 0 Å². The summed E-state index contributed by atoms with van der Waals surface area (Å²) in [5.74, 6) is 0.106. The van der Waals surface area contributed by atoms with Crippen molar-refractivity contribution in [3.8, 4) is 0 Å². The monoisotopic (exact) mass is 372 g/mol. The van der Waals surface area contributed by atoms with Gasteiger partial charge in [-0.1, -0.05) is 36.2 Å². The number of nitrogens with zero attached hydrogens (tertiary/aromatic N) is 1. The van der Waals surface area contributed by atoms with E-state index in [-0.39, 0.29) is 18.2 Å². The molecule has 1 aromatic rings. The van der Waals surface area contributed by atoms with E-state index >= 15 is 0 Å². The molecule has 0 unspecified atom stereocenters. The normalized spacial score (nSPS) is 15.4. The maximum atomic E-state index is 12.5. The van der Waals surface area contributed by atoms with Gasteiger partial charge in [-0.3, -0.25) is 9.59 Å². The zero-order valence-corrected chi connectivity index (χ0v) is 15.4. The quantitative estimate of drug-likeness (QED) is 0.775. The van der Waals surface area contributed by atoms with Crippen molar-refractivity contribution < 1.29 is 14.5 Å². The fourth-order valence-corrected chi connectivity index (χ4v) is 3.30. The van der Waals surface area contributed by atoms with Gasteiger partial charge in [-0.05, 0) is 24.1 Å². The number of halogens is 2. The molecule has 1 aromatic carbocycles. The summed E-state index contributed by atoms with van der Waals surface area (Å²) in [5, 5.41) is 3.93. The maximum Gasteiger partial charge on any atom is 0.275 e. The second kappa shape index (κ2) is 9.25. The Bertz CT molecular complexity index is 567. The fourth-order valence-electron chi connectivity index (χ4n) is 2.77. The highest BCUT2D eigenvalue weighted by Crippen LogP contribution is 2.25. The number of carbonyl (C=O) groups is 2. The molecule has 5 nitrogen and oxygen atoms in total. The molecule has 1 aliphatic heterocycles. The van der Waals surface area contributed by atoms with E-state index < -0.39 is 0 Å². The Hall–Kier alpha value is -1.30. The van der Waals surface area contributed by atoms with Crippen LogP contribution in [-0.2, 0) is 16.0 Å². The molecule has 1 heterocycles. The van der Waals surface area contributed by atoms with Crippen molar-refractivity contribution in [3.05, 3.63) is 33.8 Å². The van der Waals surface area contributed by atoms with Crippen LogP contribution in [0.1, 0.15) is 18.9 Å². The number of quaternary nitrogens is 1. The minimum Gasteiger partial charge on any atom is -0.351 e. The zero-order valence-electron chi connectivity index (χ0n) is 13.9. The molecule has 24 heavy (non-hydrogen) atoms. The molecule has 0 radical (unpaired) electrons. The summed E-state index contributed by atoms with van der Waals surface area (Å²) in [6.45, 7) is 6.08. The zero-order chi connectivity index (χ0) is 17.5. The van der Waals surface area contributed by atoms with Gasteiger partial charge in [0.15, 0.2) is 6.54 Å². The van der Waals surface area contributed by atoms with E-state index in [4.69, 9.17) is 23.2 Å². The number of benzene rings is 1. The van der Waals surface area contributed by atoms with Gasteiger partial charge < -0.3 is 15.1 Å². The molecule has 0 saturated carbocycles. The minimum absolute atomic E-state index is 0.0273. The predicted molar refractivity (Wildman–Crippen MR) is 95.6 cm³/mol. The first-order chi connectivity index (χ1) is 11.5. The SMILES string of the molecule is CCCNC(=O)C[NH+]1CCN(C(=O)Cc2c(Cl)cccc2Cl)CC1. The summed E-state index contributed by atoms with van der Waals surface area (Å²) in [6.07, 6.45) is 1.15. The molecule has 132 valence electrons. The van der Waals surface area contributed by atoms with Gasteiger partial charge in [0.1, 0.15) is 0 Å². The van der Waals surface area contributed by atoms with Gasteiger partial charge in [-0.15, -0.1) is 0 Å². The largest absolute Gasteiger partial charge is 0.351 e. The second-order valence-electron chi connectivity index (χ2n) is 6.03. The average molecular weight is 373 g/mol. The van der Waals surface area contributed by atoms with Crippen LogP contribution in [0.4, 0.5) is 0 Å². The molecule has 0 bridgehead atoms. The Morgan fingerprint density at radius 3 is 2.42 bits per heavy atom. The topological polar surface area (TPSA) is 53.9 Å². The molecule has 1 aliphatic rings. The van der Waals surface area contributed by atoms with Crippen LogP contribution >= 0.6 is 23.2 Å². The maximum absolute atomic E-state index is 12.5. The van der Waals surface area contributed by atoms with Crippen LogP contribution in [0, 0.1) is 0 Å². The lowest BCUT2D eigenvalue weighted by Gasteiger charge is -2.32. The Morgan fingerprint density at radius 2 is 1.83 bits per heavy atom. The van der Waals surface area contributed by atoms with Crippen molar-refractivity contribution >= 4 is 35.0 Å². The molecule has 2 amide bonds. The first kappa shape index (κ1) is 19.0. The molecule has 1 saturated heterocycles. The van der Waals surface area contributed by atoms with Gasteiger partial charge in [0.25, 0.3) is 5.91 Å². The number of nitrogens with one attached hydrogen (secondary N) is 2. The lowest BCUT2D eigenvalue weighted by molar-refractivity contribution is -0.896. The van der Waals surface area contributed by atoms with E-state index in [2.05, 4.69) is 5.32 Å². The van der Waals surface area contributed by atoms with Crippen LogP contribution in [0.3, 0.4) is 0 Å². The molecule has 0 aliphatic carbocycles. The number of amides is 2. The Kier molecular flexibility index (Phi) is 7.34. The second-order valence-corrected chi connectivity index (χ2v) is 6.85. The average Bonchev–Trinajstić information content (AvgIpc) is 2.57. The van der Waals surface area contributed by atoms with Crippen molar-refractivity contribution in [2.75, 3.05) is 39.3 Å². The highest BCUT2D eigenvalue weighted by molar-refractivity contribution is 6.36. The lowest BCUT2D eigenvalue weighted by Crippen LogP contribution is -3.15. The molecule has 0 atom stereocenters. The van der Waals surface area contributed by atoms with Crippen LogP contribution < -0.4 is 10.2 Å². The number of hydrogen-bond donors (Lipinski definition) is 2. The molecule has 0 aromatic heterocycles. The highest BCUT2D eigenvalue weighted by Gasteiger charge is 2.25. The molecule has 2 N–H and O–H groups in total. The van der Waals surface area contributed by atoms with Crippen molar-refractivity contribution in [1.82, 2.24) is 10.2 Å². The van der Waals surface area contributed by atoms with E-state index in [1.807, 2.05) is 11.8 Å². The number of piperazine rings is 1. The van der Waals surface area contributed by atoms with Gasteiger partial charge in [-0.2, -0.15) is 0 Å². The molecule has 1 fully saturated rings. The molecule has 7 heteroatoms. The summed E-state index contributed by atoms with van der Waals surface area (Å²) in [4.78, 5) is 27.3. The third kappa shape index (κ3) is 5.36. The van der Waals surface area contributed by atoms with E-state index in [1.165, 1.54) is 4.90 Å². The summed E-state index contributed by atoms with van der Waals surface area (Å²) in [7, 11) is 0. The lowest BCUT2D eigenvalue weighted by atomic mass is 10.1. The van der Waals surface area contributed by atoms with Crippen LogP contribution in [0.15, 0.2) is 18.2 Å². The molecule has 2 rings (SSSR count). The van der Waals surface area contributed by atoms with E-state index in [1.54, 1.807) is 18.2 Å². The van der Waals surface area contributed by atoms with E-state index in [9.17, 15) is 9.59 Å². The van der Waals surface area contributed by atoms with E-state index in [0.717, 1.165) is 26.1 Å². The van der Waals surface area contributed by atoms with Crippen molar-refractivity contribution in [1.29, 1.82) is 0 Å². The minimum atomic E-state index is 0.0273. The molecular formula is C17H24Cl2N3O2+. The van der Waals surface area contributed by atoms with Crippen LogP contribution in [0.5, 0.6) is 0 Å². The third-order valence-electron chi connectivity index (χ3n) is 4.20. The Morgan fingerprint density at radius 1 is 1.21 bits per heavy atom. The predicted octanol–water partition coefficient (Wildman–Crippen LogP) is 0.789. The van der Waals surface area contributed by atoms with Gasteiger partial charge in [0, 0.05) is 16.6 Å². The fraction of sp³-hybridized carbons (Fsp3) is 0.529. The van der Waals surface area contributed by atoms with Crippen molar-refractivity contribution in [2.24, 2.45) is 0 Å². The number of rotatable bonds is 6. The highest BCUT2D eigenvalue weighted by atomic mass is 35.5. The standard InChI is InChI=1S/C17H23Cl2N3O2/c1-2-6-20-16(23)12-21-7-9-22(10-8-21)17(24)11-13-14(18)4-3-5-15(13)19/h3-5H,2,6-12H2,1H3,(H,20,23)/p+1. The first-order valence-electron chi connectivity index (χ1n) is 8.32. The van der Waals surface area contributed by atoms with Gasteiger partial charge in [0.2, 0.25) is 5.91 Å². The Balaban J connectivity index is 1.81. The molecule has 0 spiro atoms. The van der Waals surface area contributed by atoms with Gasteiger partial charge in [0.05, 0.1) is 32.6 Å². The number of hydrogen-bond acceptors (Lipinski definition) is 2. The smallest absolute Gasteiger partial charge is 0.275 e. The number of carbonyl (C=O) groups excluding carboxylic acids is 2. The van der Waals surface area contributed by atoms with Crippen LogP contribution in [0.25, 0.3) is 0 Å². The van der Waals surface area contributed by atoms with Crippen LogP contribution in [0.2, 0.25) is 10.0 Å². The summed E-state index contributed by atoms with van der Waals surface area (Å²) < 4.78 is 0. The van der Waals surface area contributed by atoms with Crippen LogP contribution in [-0.4, -0.2) is 56.0 Å². The summed E-state index contributed by atoms with van der Waals surface area (Å²) >= 11 is 12.3. The third-order valence-corrected chi connectivity index (χ3v) is 4.90. The van der Waals surface area contributed by atoms with Gasteiger partial charge >= 0.3 is 0 Å². The Labute approximate surface area is 152 Å². The van der Waals surface area contributed by atoms with Crippen molar-refractivity contribution in [3.63, 3.8) is 0 Å².